The van der Waals surface area contributed by atoms with Crippen LogP contribution in [0.25, 0.3) is 0 Å². The van der Waals surface area contributed by atoms with Gasteiger partial charge in [-0.05, 0) is 31.0 Å². The standard InChI is InChI=1S/C25H25FN2O7/c1-4-11-34-21-14-33-13-19(28-24(30)22-23(29)20(32-3)9-10-27-22)25(31)35-15(2)18(21)12-16-5-7-17(26)8-6-16/h5-10,13-14,29H,4,11-12H2,1-3H3,(H,28,30). The number of pyridine rings is 1. The summed E-state index contributed by atoms with van der Waals surface area (Å²) in [5.41, 5.74) is -0.355. The molecule has 3 rings (SSSR count). The Morgan fingerprint density at radius 3 is 2.60 bits per heavy atom. The van der Waals surface area contributed by atoms with Crippen molar-refractivity contribution in [3.8, 4) is 17.2 Å². The van der Waals surface area contributed by atoms with Gasteiger partial charge in [0.1, 0.15) is 24.1 Å². The fourth-order valence-electron chi connectivity index (χ4n) is 3.09. The van der Waals surface area contributed by atoms with Crippen molar-refractivity contribution in [2.75, 3.05) is 19.0 Å². The van der Waals surface area contributed by atoms with Crippen molar-refractivity contribution in [1.82, 2.24) is 4.98 Å². The first-order valence-electron chi connectivity index (χ1n) is 10.7. The zero-order valence-corrected chi connectivity index (χ0v) is 19.5. The Labute approximate surface area is 200 Å². The van der Waals surface area contributed by atoms with Gasteiger partial charge in [0.25, 0.3) is 5.91 Å². The number of hydrogen-bond acceptors (Lipinski definition) is 8. The molecule has 0 fully saturated rings. The highest BCUT2D eigenvalue weighted by molar-refractivity contribution is 6.04. The van der Waals surface area contributed by atoms with Crippen LogP contribution in [0.1, 0.15) is 40.7 Å². The number of carbonyl (C=O) groups is 1. The van der Waals surface area contributed by atoms with E-state index >= 15 is 0 Å². The van der Waals surface area contributed by atoms with Crippen molar-refractivity contribution in [3.63, 3.8) is 0 Å². The Morgan fingerprint density at radius 1 is 1.17 bits per heavy atom. The molecular weight excluding hydrogens is 459 g/mol. The molecule has 2 aromatic heterocycles. The van der Waals surface area contributed by atoms with Crippen LogP contribution in [0.3, 0.4) is 0 Å². The number of aromatic hydroxyl groups is 1. The van der Waals surface area contributed by atoms with Gasteiger partial charge in [0.15, 0.2) is 28.6 Å². The third-order valence-corrected chi connectivity index (χ3v) is 4.88. The fourth-order valence-corrected chi connectivity index (χ4v) is 3.09. The summed E-state index contributed by atoms with van der Waals surface area (Å²) in [4.78, 5) is 29.3. The molecule has 0 unspecified atom stereocenters. The third-order valence-electron chi connectivity index (χ3n) is 4.88. The van der Waals surface area contributed by atoms with E-state index in [0.29, 0.717) is 24.3 Å². The summed E-state index contributed by atoms with van der Waals surface area (Å²) in [6.07, 6.45) is 4.53. The number of nitrogens with one attached hydrogen (secondary N) is 1. The number of ether oxygens (including phenoxy) is 2. The first kappa shape index (κ1) is 25.3. The number of carbonyl (C=O) groups excluding carboxylic acids is 1. The number of benzene rings is 1. The number of methoxy groups -OCH3 is 1. The average Bonchev–Trinajstić information content (AvgIpc) is 2.89. The van der Waals surface area contributed by atoms with Crippen molar-refractivity contribution >= 4 is 11.6 Å². The average molecular weight is 484 g/mol. The van der Waals surface area contributed by atoms with Crippen molar-refractivity contribution in [2.45, 2.75) is 26.7 Å². The Kier molecular flexibility index (Phi) is 8.44. The van der Waals surface area contributed by atoms with Gasteiger partial charge >= 0.3 is 5.63 Å². The fraction of sp³-hybridized carbons (Fsp3) is 0.240. The second-order valence-electron chi connectivity index (χ2n) is 7.39. The lowest BCUT2D eigenvalue weighted by Gasteiger charge is -2.10. The number of hydrogen-bond donors (Lipinski definition) is 2. The molecule has 0 aliphatic rings. The van der Waals surface area contributed by atoms with Gasteiger partial charge < -0.3 is 28.7 Å². The van der Waals surface area contributed by atoms with Crippen LogP contribution >= 0.6 is 0 Å². The maximum Gasteiger partial charge on any atom is 0.363 e. The van der Waals surface area contributed by atoms with Gasteiger partial charge in [-0.1, -0.05) is 19.1 Å². The Balaban J connectivity index is 2.05. The van der Waals surface area contributed by atoms with Gasteiger partial charge in [-0.3, -0.25) is 4.79 Å². The topological polar surface area (TPSA) is 124 Å². The highest BCUT2D eigenvalue weighted by atomic mass is 19.1. The lowest BCUT2D eigenvalue weighted by Crippen LogP contribution is -2.18. The zero-order valence-electron chi connectivity index (χ0n) is 19.5. The van der Waals surface area contributed by atoms with Gasteiger partial charge in [-0.15, -0.1) is 0 Å². The number of amides is 1. The minimum Gasteiger partial charge on any atom is -0.503 e. The molecule has 9 nitrogen and oxygen atoms in total. The van der Waals surface area contributed by atoms with E-state index < -0.39 is 17.3 Å². The SMILES string of the molecule is CCCOc1cocc(NC(=O)c2nccc(OC)c2O)c(=O)oc(C)c1Cc1ccc(F)cc1. The first-order valence-corrected chi connectivity index (χ1v) is 10.7. The Morgan fingerprint density at radius 2 is 1.91 bits per heavy atom. The molecule has 0 saturated carbocycles. The summed E-state index contributed by atoms with van der Waals surface area (Å²) in [5.74, 6) is -1.18. The number of halogens is 1. The van der Waals surface area contributed by atoms with Gasteiger partial charge in [0, 0.05) is 24.2 Å². The summed E-state index contributed by atoms with van der Waals surface area (Å²) in [6.45, 7) is 3.87. The molecule has 1 amide bonds. The molecule has 0 spiro atoms. The summed E-state index contributed by atoms with van der Waals surface area (Å²) in [6, 6.07) is 7.26. The molecule has 0 saturated heterocycles. The van der Waals surface area contributed by atoms with Crippen molar-refractivity contribution in [3.05, 3.63) is 87.9 Å². The Hall–Kier alpha value is -4.34. The van der Waals surface area contributed by atoms with E-state index in [1.165, 1.54) is 37.8 Å². The van der Waals surface area contributed by atoms with Crippen LogP contribution < -0.4 is 20.4 Å². The maximum absolute atomic E-state index is 13.3. The quantitative estimate of drug-likeness (QED) is 0.477. The molecule has 1 aromatic carbocycles. The molecule has 184 valence electrons. The van der Waals surface area contributed by atoms with Crippen LogP contribution in [0.4, 0.5) is 10.1 Å². The van der Waals surface area contributed by atoms with E-state index in [4.69, 9.17) is 18.3 Å². The lowest BCUT2D eigenvalue weighted by atomic mass is 10.0. The van der Waals surface area contributed by atoms with Crippen LogP contribution in [0, 0.1) is 12.7 Å². The molecule has 10 heteroatoms. The molecule has 0 aliphatic heterocycles. The maximum atomic E-state index is 13.3. The molecule has 0 radical (unpaired) electrons. The second-order valence-corrected chi connectivity index (χ2v) is 7.39. The minimum atomic E-state index is -0.917. The van der Waals surface area contributed by atoms with E-state index in [-0.39, 0.29) is 35.1 Å². The first-order chi connectivity index (χ1) is 16.8. The molecule has 3 aromatic rings. The monoisotopic (exact) mass is 484 g/mol. The molecule has 2 N–H and O–H groups in total. The number of aromatic nitrogens is 1. The van der Waals surface area contributed by atoms with Crippen molar-refractivity contribution in [1.29, 1.82) is 0 Å². The smallest absolute Gasteiger partial charge is 0.363 e. The second kappa shape index (κ2) is 11.7. The van der Waals surface area contributed by atoms with Crippen LogP contribution in [-0.2, 0) is 6.42 Å². The number of rotatable bonds is 8. The summed E-state index contributed by atoms with van der Waals surface area (Å²) < 4.78 is 35.0. The van der Waals surface area contributed by atoms with Crippen LogP contribution in [0.2, 0.25) is 0 Å². The van der Waals surface area contributed by atoms with Crippen LogP contribution in [0.5, 0.6) is 17.2 Å². The number of nitrogens with zero attached hydrogens (tertiary/aromatic N) is 1. The van der Waals surface area contributed by atoms with E-state index in [2.05, 4.69) is 10.3 Å². The van der Waals surface area contributed by atoms with Gasteiger partial charge in [-0.2, -0.15) is 0 Å². The highest BCUT2D eigenvalue weighted by Crippen LogP contribution is 2.28. The predicted molar refractivity (Wildman–Crippen MR) is 125 cm³/mol. The van der Waals surface area contributed by atoms with E-state index in [1.54, 1.807) is 19.1 Å². The van der Waals surface area contributed by atoms with Gasteiger partial charge in [-0.25, -0.2) is 14.2 Å². The highest BCUT2D eigenvalue weighted by Gasteiger charge is 2.19. The predicted octanol–water partition coefficient (Wildman–Crippen LogP) is 4.55. The van der Waals surface area contributed by atoms with Crippen molar-refractivity contribution < 1.29 is 32.6 Å². The Bertz CT molecular complexity index is 1300. The normalized spacial score (nSPS) is 10.4. The van der Waals surface area contributed by atoms with Crippen LogP contribution in [-0.4, -0.2) is 29.7 Å². The molecule has 0 aliphatic carbocycles. The number of anilines is 1. The molecule has 35 heavy (non-hydrogen) atoms. The molecular formula is C25H25FN2O7. The minimum absolute atomic E-state index is 0.0392. The summed E-state index contributed by atoms with van der Waals surface area (Å²) >= 11 is 0. The molecule has 0 bridgehead atoms. The van der Waals surface area contributed by atoms with E-state index in [1.807, 2.05) is 6.92 Å². The molecule has 0 atom stereocenters. The summed E-state index contributed by atoms with van der Waals surface area (Å²) in [5, 5.41) is 12.5. The van der Waals surface area contributed by atoms with Crippen molar-refractivity contribution in [2.24, 2.45) is 0 Å². The molecule has 2 heterocycles. The van der Waals surface area contributed by atoms with Gasteiger partial charge in [0.2, 0.25) is 0 Å². The van der Waals surface area contributed by atoms with Gasteiger partial charge in [0.05, 0.1) is 13.7 Å². The lowest BCUT2D eigenvalue weighted by molar-refractivity contribution is 0.101. The largest absolute Gasteiger partial charge is 0.503 e. The summed E-state index contributed by atoms with van der Waals surface area (Å²) in [7, 11) is 1.33. The zero-order chi connectivity index (χ0) is 25.4. The number of aryl methyl sites for hydroxylation is 1. The van der Waals surface area contributed by atoms with E-state index in [9.17, 15) is 19.1 Å². The van der Waals surface area contributed by atoms with E-state index in [0.717, 1.165) is 11.8 Å². The third kappa shape index (κ3) is 6.38. The van der Waals surface area contributed by atoms with Crippen LogP contribution in [0.15, 0.2) is 62.7 Å².